The smallest absolute Gasteiger partial charge is 0.328 e. The van der Waals surface area contributed by atoms with Crippen molar-refractivity contribution in [1.82, 2.24) is 104 Å². The van der Waals surface area contributed by atoms with Gasteiger partial charge in [-0.2, -0.15) is 12.6 Å². The van der Waals surface area contributed by atoms with E-state index in [0.717, 1.165) is 78.3 Å². The highest BCUT2D eigenvalue weighted by atomic mass is 32.2. The molecule has 0 bridgehead atoms. The molecule has 0 aliphatic carbocycles. The van der Waals surface area contributed by atoms with Gasteiger partial charge in [0, 0.05) is 155 Å². The minimum absolute atomic E-state index is 0.000242. The molecule has 0 spiro atoms. The number of hydrogen-bond acceptors (Lipinski definition) is 26. The number of H-pyrrole nitrogens is 5. The first-order chi connectivity index (χ1) is 52.8. The number of aromatic nitrogens is 10. The van der Waals surface area contributed by atoms with Crippen LogP contribution in [-0.2, 0) is 95.1 Å². The number of nitrogens with one attached hydrogen (secondary N) is 11. The molecule has 46 nitrogen and oxygen atoms in total. The minimum atomic E-state index is -1.03. The van der Waals surface area contributed by atoms with Crippen molar-refractivity contribution in [2.45, 2.75) is 86.2 Å². The maximum absolute atomic E-state index is 14.1. The molecule has 5 aromatic heterocycles. The summed E-state index contributed by atoms with van der Waals surface area (Å²) < 4.78 is 4.22. The van der Waals surface area contributed by atoms with E-state index in [2.05, 4.69) is 54.5 Å². The normalized spacial score (nSPS) is 11.1. The molecule has 5 rings (SSSR count). The maximum Gasteiger partial charge on any atom is 0.328 e. The van der Waals surface area contributed by atoms with Crippen molar-refractivity contribution >= 4 is 100 Å². The van der Waals surface area contributed by atoms with Crippen LogP contribution in [0.5, 0.6) is 0 Å². The van der Waals surface area contributed by atoms with Gasteiger partial charge >= 0.3 is 28.4 Å². The number of thiol groups is 1. The molecule has 0 saturated heterocycles. The van der Waals surface area contributed by atoms with E-state index < -0.39 is 256 Å². The SMILES string of the molecule is Cc1cn(CC(=O)N(CCNC(=O)CN(CCNC(=O)CN(CCNC(=O)[C@@H](N)CS)C(=O)Cn2cc(C)c(=O)[nH]c2=O)C(=O)Cn2cc(C)c(=O)[nH]c2=O)CC(=O)NCCN(CC(=O)NCCN(CC(=O)SCCC(=O)NCCC(N)=O)C(=O)Cn2cc(C)c(=O)[nH]c2=O)C(=O)Cn2cc(C)c(=O)[nH]c2=O)c(=O)[nH]c1=O. The standard InChI is InChI=1S/C64H87N23O23S2/c1-36-20-83(60(106)73-54(36)100)29-48(94)78(14-9-68-45(91)26-79(49(95)30-84-21-37(2)55(101)74-61(84)107)16-11-70-47(93)28-81(18-13-72-59(105)41(65)35-111)51(97)32-86-23-39(4)57(103)76-63(86)109)25-44(90)69-10-15-80(50(96)31-85-22-38(3)56(102)75-62(85)108)27-46(92)71-12-17-82(52(98)33-87-24-40(5)58(104)77-64(87)110)34-53(99)112-19-7-43(89)67-8-6-42(66)88/h20-24,41,111H,6-19,25-35,65H2,1-5H3,(H2,66,88)(H,67,89)(H,68,91)(H,69,90)(H,70,93)(H,71,92)(H,72,105)(H,73,100,106)(H,74,101,107)(H,75,102,108)(H,76,103,109)(H,77,104,110)/t41-/m0/s1. The van der Waals surface area contributed by atoms with Crippen LogP contribution >= 0.6 is 24.4 Å². The lowest BCUT2D eigenvalue weighted by molar-refractivity contribution is -0.138. The van der Waals surface area contributed by atoms with Gasteiger partial charge in [0.1, 0.15) is 32.7 Å². The van der Waals surface area contributed by atoms with Crippen molar-refractivity contribution in [2.75, 3.05) is 116 Å². The Balaban J connectivity index is 1.32. The Morgan fingerprint density at radius 1 is 0.375 bits per heavy atom. The summed E-state index contributed by atoms with van der Waals surface area (Å²) in [5.74, 6) is -10.1. The van der Waals surface area contributed by atoms with Crippen LogP contribution in [0.4, 0.5) is 0 Å². The molecule has 5 heterocycles. The molecule has 1 atom stereocenters. The second-order valence-electron chi connectivity index (χ2n) is 25.1. The van der Waals surface area contributed by atoms with Gasteiger partial charge in [0.15, 0.2) is 0 Å². The summed E-state index contributed by atoms with van der Waals surface area (Å²) in [6.45, 7) is -5.34. The summed E-state index contributed by atoms with van der Waals surface area (Å²) in [4.78, 5) is 313. The molecule has 608 valence electrons. The Kier molecular flexibility index (Phi) is 35.0. The fourth-order valence-electron chi connectivity index (χ4n) is 10.0. The summed E-state index contributed by atoms with van der Waals surface area (Å²) >= 11 is 4.66. The molecule has 112 heavy (non-hydrogen) atoms. The summed E-state index contributed by atoms with van der Waals surface area (Å²) in [5, 5.41) is 14.3. The van der Waals surface area contributed by atoms with Gasteiger partial charge in [0.05, 0.1) is 38.8 Å². The van der Waals surface area contributed by atoms with Crippen molar-refractivity contribution in [3.63, 3.8) is 0 Å². The Morgan fingerprint density at radius 3 is 0.866 bits per heavy atom. The Labute approximate surface area is 641 Å². The van der Waals surface area contributed by atoms with E-state index in [1.807, 2.05) is 15.0 Å². The topological polar surface area (TPSA) is 637 Å². The maximum atomic E-state index is 14.1. The van der Waals surface area contributed by atoms with Crippen molar-refractivity contribution < 1.29 is 62.3 Å². The molecule has 0 saturated carbocycles. The van der Waals surface area contributed by atoms with Crippen LogP contribution in [0.25, 0.3) is 0 Å². The van der Waals surface area contributed by atoms with Crippen LogP contribution in [0.2, 0.25) is 0 Å². The molecule has 12 amide bonds. The number of aromatic amines is 5. The first kappa shape index (κ1) is 90.0. The second kappa shape index (κ2) is 43.5. The highest BCUT2D eigenvalue weighted by molar-refractivity contribution is 8.13. The zero-order valence-corrected chi connectivity index (χ0v) is 63.2. The Bertz CT molecular complexity index is 5010. The van der Waals surface area contributed by atoms with E-state index >= 15 is 0 Å². The van der Waals surface area contributed by atoms with E-state index in [1.54, 1.807) is 0 Å². The molecule has 0 aromatic carbocycles. The average Bonchev–Trinajstić information content (AvgIpc) is 0.861. The van der Waals surface area contributed by atoms with Gasteiger partial charge in [-0.1, -0.05) is 11.8 Å². The lowest BCUT2D eigenvalue weighted by atomic mass is 10.3. The molecule has 0 unspecified atom stereocenters. The predicted octanol–water partition coefficient (Wildman–Crippen LogP) is -12.1. The van der Waals surface area contributed by atoms with Gasteiger partial charge in [-0.25, -0.2) is 24.0 Å². The van der Waals surface area contributed by atoms with Crippen LogP contribution in [0.1, 0.15) is 40.7 Å². The molecule has 48 heteroatoms. The van der Waals surface area contributed by atoms with Crippen LogP contribution in [0.3, 0.4) is 0 Å². The Morgan fingerprint density at radius 2 is 0.616 bits per heavy atom. The van der Waals surface area contributed by atoms with Crippen LogP contribution in [-0.4, -0.2) is 271 Å². The number of hydrogen-bond donors (Lipinski definition) is 14. The number of nitrogens with two attached hydrogens (primary N) is 2. The lowest BCUT2D eigenvalue weighted by Gasteiger charge is -2.26. The number of primary amides is 1. The number of thioether (sulfide) groups is 1. The largest absolute Gasteiger partial charge is 0.370 e. The van der Waals surface area contributed by atoms with Crippen LogP contribution in [0, 0.1) is 34.6 Å². The summed E-state index contributed by atoms with van der Waals surface area (Å²) in [6, 6.07) is -1.03. The molecule has 0 aliphatic rings. The fourth-order valence-corrected chi connectivity index (χ4v) is 10.9. The lowest BCUT2D eigenvalue weighted by Crippen LogP contribution is -2.50. The molecule has 5 aromatic rings. The molecular weight excluding hydrogens is 1520 g/mol. The third-order valence-electron chi connectivity index (χ3n) is 16.2. The van der Waals surface area contributed by atoms with Crippen molar-refractivity contribution in [3.05, 3.63) is 163 Å². The molecule has 15 N–H and O–H groups in total. The molecule has 0 aliphatic heterocycles. The summed E-state index contributed by atoms with van der Waals surface area (Å²) in [5.41, 5.74) is 2.29. The molecule has 0 fully saturated rings. The van der Waals surface area contributed by atoms with Gasteiger partial charge in [-0.05, 0) is 34.6 Å². The number of rotatable bonds is 43. The first-order valence-corrected chi connectivity index (χ1v) is 35.8. The zero-order chi connectivity index (χ0) is 83.2. The second-order valence-corrected chi connectivity index (χ2v) is 26.6. The highest BCUT2D eigenvalue weighted by Gasteiger charge is 2.27. The van der Waals surface area contributed by atoms with E-state index in [-0.39, 0.29) is 71.8 Å². The first-order valence-electron chi connectivity index (χ1n) is 34.2. The predicted molar refractivity (Wildman–Crippen MR) is 399 cm³/mol. The number of nitrogens with zero attached hydrogens (tertiary/aromatic N) is 10. The third-order valence-corrected chi connectivity index (χ3v) is 17.5. The van der Waals surface area contributed by atoms with Crippen LogP contribution in [0.15, 0.2) is 78.9 Å². The molecule has 0 radical (unpaired) electrons. The van der Waals surface area contributed by atoms with Gasteiger partial charge in [0.25, 0.3) is 27.8 Å². The zero-order valence-electron chi connectivity index (χ0n) is 61.5. The van der Waals surface area contributed by atoms with E-state index in [0.29, 0.717) is 11.8 Å². The van der Waals surface area contributed by atoms with Crippen molar-refractivity contribution in [1.29, 1.82) is 0 Å². The highest BCUT2D eigenvalue weighted by Crippen LogP contribution is 2.08. The number of carbonyl (C=O) groups is 13. The Hall–Kier alpha value is -12.6. The quantitative estimate of drug-likeness (QED) is 0.0161. The van der Waals surface area contributed by atoms with Gasteiger partial charge < -0.3 is 67.9 Å². The van der Waals surface area contributed by atoms with Gasteiger partial charge in [-0.15, -0.1) is 0 Å². The summed E-state index contributed by atoms with van der Waals surface area (Å²) in [7, 11) is 0. The average molecular weight is 1610 g/mol. The number of carbonyl (C=O) groups excluding carboxylic acids is 13. The van der Waals surface area contributed by atoms with E-state index in [9.17, 15) is 110 Å². The van der Waals surface area contributed by atoms with Crippen molar-refractivity contribution in [2.24, 2.45) is 11.5 Å². The third kappa shape index (κ3) is 29.4. The fraction of sp³-hybridized carbons (Fsp3) is 0.484. The van der Waals surface area contributed by atoms with Crippen molar-refractivity contribution in [3.8, 4) is 0 Å². The van der Waals surface area contributed by atoms with Crippen LogP contribution < -0.4 is 99.6 Å². The number of aryl methyl sites for hydroxylation is 5. The number of amides is 12. The van der Waals surface area contributed by atoms with E-state index in [4.69, 9.17) is 11.5 Å². The molecular formula is C64H87N23O23S2. The minimum Gasteiger partial charge on any atom is -0.370 e. The van der Waals surface area contributed by atoms with Gasteiger partial charge in [0.2, 0.25) is 76.0 Å². The van der Waals surface area contributed by atoms with E-state index in [1.165, 1.54) is 34.6 Å². The van der Waals surface area contributed by atoms with Gasteiger partial charge in [-0.3, -0.25) is 134 Å². The monoisotopic (exact) mass is 1610 g/mol. The summed E-state index contributed by atoms with van der Waals surface area (Å²) in [6.07, 6.45) is 5.12.